The number of hydrogen-bond donors (Lipinski definition) is 1. The molecule has 1 unspecified atom stereocenters. The smallest absolute Gasteiger partial charge is 0.162 e. The minimum absolute atomic E-state index is 0.0231. The predicted molar refractivity (Wildman–Crippen MR) is 122 cm³/mol. The minimum Gasteiger partial charge on any atom is -0.497 e. The van der Waals surface area contributed by atoms with E-state index in [1.54, 1.807) is 13.2 Å². The number of nitrogens with zero attached hydrogens (tertiary/aromatic N) is 2. The molecule has 0 saturated carbocycles. The van der Waals surface area contributed by atoms with Gasteiger partial charge in [0.2, 0.25) is 0 Å². The number of carbonyl (C=O) groups excluding carboxylic acids is 1. The van der Waals surface area contributed by atoms with Crippen LogP contribution in [0.3, 0.4) is 0 Å². The van der Waals surface area contributed by atoms with Gasteiger partial charge >= 0.3 is 0 Å². The first-order valence-electron chi connectivity index (χ1n) is 10.1. The average molecular weight is 434 g/mol. The summed E-state index contributed by atoms with van der Waals surface area (Å²) in [5.41, 5.74) is 9.65. The SMILES string of the molecule is COc1ccc(N2C(N)=C(C#N)C(c3ccccc3Cl)C3=C2CC(C)(C)CC3=O)cc1. The van der Waals surface area contributed by atoms with Crippen LogP contribution in [0, 0.1) is 16.7 Å². The van der Waals surface area contributed by atoms with E-state index in [1.165, 1.54) is 0 Å². The van der Waals surface area contributed by atoms with Crippen molar-refractivity contribution in [1.29, 1.82) is 5.26 Å². The molecular formula is C25H24ClN3O2. The van der Waals surface area contributed by atoms with E-state index in [9.17, 15) is 10.1 Å². The van der Waals surface area contributed by atoms with Crippen molar-refractivity contribution >= 4 is 23.1 Å². The van der Waals surface area contributed by atoms with Crippen LogP contribution < -0.4 is 15.4 Å². The summed E-state index contributed by atoms with van der Waals surface area (Å²) in [4.78, 5) is 15.3. The second-order valence-corrected chi connectivity index (χ2v) is 9.11. The molecule has 2 N–H and O–H groups in total. The number of carbonyl (C=O) groups is 1. The number of halogens is 1. The second-order valence-electron chi connectivity index (χ2n) is 8.70. The highest BCUT2D eigenvalue weighted by Gasteiger charge is 2.45. The second kappa shape index (κ2) is 7.79. The Hall–Kier alpha value is -3.23. The lowest BCUT2D eigenvalue weighted by molar-refractivity contribution is -0.118. The Morgan fingerprint density at radius 1 is 1.16 bits per heavy atom. The van der Waals surface area contributed by atoms with E-state index in [1.807, 2.05) is 47.4 Å². The molecule has 158 valence electrons. The van der Waals surface area contributed by atoms with Gasteiger partial charge in [0.15, 0.2) is 5.78 Å². The Morgan fingerprint density at radius 3 is 2.45 bits per heavy atom. The molecule has 0 bridgehead atoms. The van der Waals surface area contributed by atoms with Crippen molar-refractivity contribution in [3.8, 4) is 11.8 Å². The summed E-state index contributed by atoms with van der Waals surface area (Å²) < 4.78 is 5.28. The topological polar surface area (TPSA) is 79.3 Å². The molecule has 0 aromatic heterocycles. The van der Waals surface area contributed by atoms with Crippen molar-refractivity contribution in [2.45, 2.75) is 32.6 Å². The van der Waals surface area contributed by atoms with Crippen LogP contribution in [-0.2, 0) is 4.79 Å². The van der Waals surface area contributed by atoms with Gasteiger partial charge in [0.1, 0.15) is 11.6 Å². The summed E-state index contributed by atoms with van der Waals surface area (Å²) in [5.74, 6) is 0.482. The Bertz CT molecular complexity index is 1160. The first kappa shape index (κ1) is 21.0. The summed E-state index contributed by atoms with van der Waals surface area (Å²) in [5, 5.41) is 10.6. The number of allylic oxidation sites excluding steroid dienone is 3. The summed E-state index contributed by atoms with van der Waals surface area (Å²) >= 11 is 6.52. The van der Waals surface area contributed by atoms with Crippen molar-refractivity contribution in [2.75, 3.05) is 12.0 Å². The van der Waals surface area contributed by atoms with Gasteiger partial charge in [0.05, 0.1) is 24.7 Å². The molecule has 4 rings (SSSR count). The lowest BCUT2D eigenvalue weighted by Crippen LogP contribution is -2.42. The van der Waals surface area contributed by atoms with Crippen molar-refractivity contribution in [3.05, 3.63) is 81.8 Å². The standard InChI is InChI=1S/C25H24ClN3O2/c1-25(2)12-20-23(21(30)13-25)22(17-6-4-5-7-19(17)26)18(14-27)24(28)29(20)15-8-10-16(31-3)11-9-15/h4-11,22H,12-13,28H2,1-3H3. The van der Waals surface area contributed by atoms with E-state index < -0.39 is 5.92 Å². The van der Waals surface area contributed by atoms with Gasteiger partial charge in [-0.05, 0) is 47.7 Å². The number of benzene rings is 2. The number of ketones is 1. The quantitative estimate of drug-likeness (QED) is 0.711. The van der Waals surface area contributed by atoms with Crippen molar-refractivity contribution in [1.82, 2.24) is 0 Å². The van der Waals surface area contributed by atoms with Gasteiger partial charge in [-0.15, -0.1) is 0 Å². The number of anilines is 1. The highest BCUT2D eigenvalue weighted by atomic mass is 35.5. The Kier molecular flexibility index (Phi) is 5.28. The summed E-state index contributed by atoms with van der Waals surface area (Å²) in [6, 6.07) is 17.0. The highest BCUT2D eigenvalue weighted by Crippen LogP contribution is 2.51. The number of rotatable bonds is 3. The monoisotopic (exact) mass is 433 g/mol. The molecule has 0 saturated heterocycles. The number of Topliss-reactive ketones (excluding diaryl/α,β-unsaturated/α-hetero) is 1. The van der Waals surface area contributed by atoms with Crippen LogP contribution >= 0.6 is 11.6 Å². The molecule has 1 aliphatic heterocycles. The van der Waals surface area contributed by atoms with Crippen LogP contribution in [0.5, 0.6) is 5.75 Å². The first-order chi connectivity index (χ1) is 14.8. The fourth-order valence-corrected chi connectivity index (χ4v) is 4.80. The van der Waals surface area contributed by atoms with Gasteiger partial charge in [0.25, 0.3) is 0 Å². The molecule has 0 amide bonds. The predicted octanol–water partition coefficient (Wildman–Crippen LogP) is 5.29. The van der Waals surface area contributed by atoms with Gasteiger partial charge in [-0.25, -0.2) is 0 Å². The molecule has 0 fully saturated rings. The third-order valence-corrected chi connectivity index (χ3v) is 6.27. The minimum atomic E-state index is -0.577. The summed E-state index contributed by atoms with van der Waals surface area (Å²) in [6.45, 7) is 4.15. The largest absolute Gasteiger partial charge is 0.497 e. The third-order valence-electron chi connectivity index (χ3n) is 5.93. The highest BCUT2D eigenvalue weighted by molar-refractivity contribution is 6.31. The molecule has 2 aromatic rings. The molecule has 5 nitrogen and oxygen atoms in total. The lowest BCUT2D eigenvalue weighted by Gasteiger charge is -2.43. The molecule has 31 heavy (non-hydrogen) atoms. The summed E-state index contributed by atoms with van der Waals surface area (Å²) in [7, 11) is 1.61. The van der Waals surface area contributed by atoms with E-state index >= 15 is 0 Å². The van der Waals surface area contributed by atoms with Gasteiger partial charge in [-0.3, -0.25) is 9.69 Å². The Morgan fingerprint density at radius 2 is 1.84 bits per heavy atom. The average Bonchev–Trinajstić information content (AvgIpc) is 2.73. The zero-order valence-electron chi connectivity index (χ0n) is 17.8. The van der Waals surface area contributed by atoms with Crippen LogP contribution in [0.1, 0.15) is 38.2 Å². The number of nitrogens with two attached hydrogens (primary N) is 1. The van der Waals surface area contributed by atoms with E-state index in [2.05, 4.69) is 19.9 Å². The van der Waals surface area contributed by atoms with Crippen LogP contribution in [-0.4, -0.2) is 12.9 Å². The molecule has 1 heterocycles. The molecule has 2 aromatic carbocycles. The third kappa shape index (κ3) is 3.58. The van der Waals surface area contributed by atoms with Crippen molar-refractivity contribution < 1.29 is 9.53 Å². The van der Waals surface area contributed by atoms with Crippen molar-refractivity contribution in [3.63, 3.8) is 0 Å². The molecule has 1 atom stereocenters. The van der Waals surface area contributed by atoms with Crippen molar-refractivity contribution in [2.24, 2.45) is 11.1 Å². The fraction of sp³-hybridized carbons (Fsp3) is 0.280. The number of hydrogen-bond acceptors (Lipinski definition) is 5. The number of nitriles is 1. The maximum absolute atomic E-state index is 13.5. The van der Waals surface area contributed by atoms with Crippen LogP contribution in [0.2, 0.25) is 5.02 Å². The van der Waals surface area contributed by atoms with E-state index in [-0.39, 0.29) is 11.2 Å². The number of ether oxygens (including phenoxy) is 1. The van der Waals surface area contributed by atoms with Gasteiger partial charge in [0, 0.05) is 28.4 Å². The zero-order chi connectivity index (χ0) is 22.3. The van der Waals surface area contributed by atoms with E-state index in [4.69, 9.17) is 22.1 Å². The zero-order valence-corrected chi connectivity index (χ0v) is 18.5. The molecular weight excluding hydrogens is 410 g/mol. The van der Waals surface area contributed by atoms with Crippen LogP contribution in [0.15, 0.2) is 71.2 Å². The van der Waals surface area contributed by atoms with Crippen LogP contribution in [0.25, 0.3) is 0 Å². The Labute approximate surface area is 187 Å². The van der Waals surface area contributed by atoms with Gasteiger partial charge in [-0.2, -0.15) is 5.26 Å². The molecule has 6 heteroatoms. The fourth-order valence-electron chi connectivity index (χ4n) is 4.56. The van der Waals surface area contributed by atoms with E-state index in [0.29, 0.717) is 40.6 Å². The molecule has 1 aliphatic carbocycles. The van der Waals surface area contributed by atoms with E-state index in [0.717, 1.165) is 16.9 Å². The van der Waals surface area contributed by atoms with Gasteiger partial charge in [-0.1, -0.05) is 43.6 Å². The number of methoxy groups -OCH3 is 1. The molecule has 0 spiro atoms. The Balaban J connectivity index is 1.99. The normalized spacial score (nSPS) is 20.4. The molecule has 2 aliphatic rings. The van der Waals surface area contributed by atoms with Crippen LogP contribution in [0.4, 0.5) is 5.69 Å². The summed E-state index contributed by atoms with van der Waals surface area (Å²) in [6.07, 6.45) is 1.06. The van der Waals surface area contributed by atoms with Gasteiger partial charge < -0.3 is 10.5 Å². The molecule has 0 radical (unpaired) electrons. The first-order valence-corrected chi connectivity index (χ1v) is 10.5. The maximum atomic E-state index is 13.5. The maximum Gasteiger partial charge on any atom is 0.162 e. The lowest BCUT2D eigenvalue weighted by atomic mass is 9.68.